The molecule has 0 aromatic heterocycles. The van der Waals surface area contributed by atoms with E-state index in [0.29, 0.717) is 19.3 Å². The molecule has 4 atom stereocenters. The van der Waals surface area contributed by atoms with Crippen LogP contribution in [0.1, 0.15) is 53.4 Å². The minimum Gasteiger partial charge on any atom is -0.481 e. The van der Waals surface area contributed by atoms with Gasteiger partial charge in [-0.15, -0.1) is 0 Å². The summed E-state index contributed by atoms with van der Waals surface area (Å²) in [5.74, 6) is -1.10. The van der Waals surface area contributed by atoms with E-state index < -0.39 is 12.0 Å². The first-order valence-corrected chi connectivity index (χ1v) is 7.50. The summed E-state index contributed by atoms with van der Waals surface area (Å²) in [6.07, 6.45) is 2.85. The number of rotatable bonds is 5. The topological polar surface area (TPSA) is 92.4 Å². The van der Waals surface area contributed by atoms with Crippen molar-refractivity contribution in [1.82, 2.24) is 5.32 Å². The lowest BCUT2D eigenvalue weighted by Gasteiger charge is -2.46. The van der Waals surface area contributed by atoms with Gasteiger partial charge in [-0.05, 0) is 30.6 Å². The van der Waals surface area contributed by atoms with E-state index in [1.807, 2.05) is 27.7 Å². The summed E-state index contributed by atoms with van der Waals surface area (Å²) in [6.45, 7) is 7.96. The first-order chi connectivity index (χ1) is 9.21. The van der Waals surface area contributed by atoms with Crippen LogP contribution in [0, 0.1) is 17.3 Å². The molecular formula is C15H28N2O3. The van der Waals surface area contributed by atoms with E-state index in [1.165, 1.54) is 0 Å². The van der Waals surface area contributed by atoms with E-state index in [-0.39, 0.29) is 29.2 Å². The van der Waals surface area contributed by atoms with Gasteiger partial charge in [0.15, 0.2) is 0 Å². The average molecular weight is 284 g/mol. The van der Waals surface area contributed by atoms with Crippen LogP contribution in [-0.2, 0) is 9.59 Å². The summed E-state index contributed by atoms with van der Waals surface area (Å²) >= 11 is 0. The number of carbonyl (C=O) groups is 2. The largest absolute Gasteiger partial charge is 0.481 e. The molecule has 1 aliphatic rings. The SMILES string of the molecule is CCCC(N)C(=O)NC1CCC(C(=O)O)C(C)(C)C1C. The Balaban J connectivity index is 2.71. The molecule has 1 rings (SSSR count). The number of amides is 1. The van der Waals surface area contributed by atoms with Crippen molar-refractivity contribution in [2.45, 2.75) is 65.5 Å². The van der Waals surface area contributed by atoms with Gasteiger partial charge in [0.05, 0.1) is 12.0 Å². The van der Waals surface area contributed by atoms with Gasteiger partial charge in [-0.3, -0.25) is 9.59 Å². The Bertz CT molecular complexity index is 368. The van der Waals surface area contributed by atoms with Crippen molar-refractivity contribution in [3.05, 3.63) is 0 Å². The van der Waals surface area contributed by atoms with Crippen LogP contribution in [-0.4, -0.2) is 29.1 Å². The van der Waals surface area contributed by atoms with Gasteiger partial charge in [0, 0.05) is 6.04 Å². The van der Waals surface area contributed by atoms with Gasteiger partial charge in [-0.2, -0.15) is 0 Å². The van der Waals surface area contributed by atoms with E-state index in [1.54, 1.807) is 0 Å². The lowest BCUT2D eigenvalue weighted by Crippen LogP contribution is -2.55. The zero-order valence-electron chi connectivity index (χ0n) is 13.0. The van der Waals surface area contributed by atoms with Crippen LogP contribution in [0.3, 0.4) is 0 Å². The standard InChI is InChI=1S/C15H28N2O3/c1-5-6-11(16)13(18)17-12-8-7-10(14(19)20)15(3,4)9(12)2/h9-12H,5-8,16H2,1-4H3,(H,17,18)(H,19,20). The Morgan fingerprint density at radius 3 is 2.50 bits per heavy atom. The summed E-state index contributed by atoms with van der Waals surface area (Å²) in [7, 11) is 0. The third kappa shape index (κ3) is 3.51. The zero-order valence-corrected chi connectivity index (χ0v) is 13.0. The van der Waals surface area contributed by atoms with Gasteiger partial charge in [-0.1, -0.05) is 34.1 Å². The molecule has 1 saturated carbocycles. The minimum atomic E-state index is -0.741. The van der Waals surface area contributed by atoms with Gasteiger partial charge in [0.1, 0.15) is 0 Å². The van der Waals surface area contributed by atoms with E-state index >= 15 is 0 Å². The lowest BCUT2D eigenvalue weighted by molar-refractivity contribution is -0.150. The molecule has 0 aliphatic heterocycles. The molecule has 0 bridgehead atoms. The molecule has 1 aliphatic carbocycles. The normalized spacial score (nSPS) is 30.6. The Morgan fingerprint density at radius 2 is 2.00 bits per heavy atom. The zero-order chi connectivity index (χ0) is 15.5. The fraction of sp³-hybridized carbons (Fsp3) is 0.867. The highest BCUT2D eigenvalue weighted by Gasteiger charge is 2.46. The molecule has 4 N–H and O–H groups in total. The lowest BCUT2D eigenvalue weighted by atomic mass is 9.61. The predicted octanol–water partition coefficient (Wildman–Crippen LogP) is 1.76. The fourth-order valence-corrected chi connectivity index (χ4v) is 3.17. The fourth-order valence-electron chi connectivity index (χ4n) is 3.17. The second-order valence-corrected chi connectivity index (χ2v) is 6.59. The molecule has 20 heavy (non-hydrogen) atoms. The molecule has 4 unspecified atom stereocenters. The Kier molecular flexibility index (Phi) is 5.57. The Hall–Kier alpha value is -1.10. The van der Waals surface area contributed by atoms with E-state index in [9.17, 15) is 14.7 Å². The number of nitrogens with one attached hydrogen (secondary N) is 1. The van der Waals surface area contributed by atoms with Crippen LogP contribution < -0.4 is 11.1 Å². The first-order valence-electron chi connectivity index (χ1n) is 7.50. The monoisotopic (exact) mass is 284 g/mol. The van der Waals surface area contributed by atoms with Crippen LogP contribution in [0.25, 0.3) is 0 Å². The van der Waals surface area contributed by atoms with Crippen molar-refractivity contribution in [3.63, 3.8) is 0 Å². The first kappa shape index (κ1) is 17.0. The molecule has 0 radical (unpaired) electrons. The molecule has 0 heterocycles. The Labute approximate surface area is 121 Å². The van der Waals surface area contributed by atoms with Crippen molar-refractivity contribution in [2.24, 2.45) is 23.0 Å². The molecule has 116 valence electrons. The van der Waals surface area contributed by atoms with Gasteiger partial charge in [-0.25, -0.2) is 0 Å². The molecule has 0 saturated heterocycles. The van der Waals surface area contributed by atoms with E-state index in [4.69, 9.17) is 5.73 Å². The molecular weight excluding hydrogens is 256 g/mol. The number of hydrogen-bond donors (Lipinski definition) is 3. The number of carboxylic acids is 1. The third-order valence-corrected chi connectivity index (χ3v) is 5.00. The number of carbonyl (C=O) groups excluding carboxylic acids is 1. The third-order valence-electron chi connectivity index (χ3n) is 5.00. The minimum absolute atomic E-state index is 0.0102. The maximum Gasteiger partial charge on any atom is 0.307 e. The van der Waals surface area contributed by atoms with Crippen LogP contribution in [0.4, 0.5) is 0 Å². The summed E-state index contributed by atoms with van der Waals surface area (Å²) in [4.78, 5) is 23.4. The highest BCUT2D eigenvalue weighted by atomic mass is 16.4. The summed E-state index contributed by atoms with van der Waals surface area (Å²) in [5, 5.41) is 12.3. The van der Waals surface area contributed by atoms with Gasteiger partial charge >= 0.3 is 5.97 Å². The molecule has 0 aromatic carbocycles. The number of nitrogens with two attached hydrogens (primary N) is 1. The summed E-state index contributed by atoms with van der Waals surface area (Å²) in [5.41, 5.74) is 5.49. The van der Waals surface area contributed by atoms with Crippen LogP contribution in [0.2, 0.25) is 0 Å². The van der Waals surface area contributed by atoms with Crippen LogP contribution in [0.5, 0.6) is 0 Å². The highest BCUT2D eigenvalue weighted by molar-refractivity contribution is 5.81. The maximum atomic E-state index is 12.0. The van der Waals surface area contributed by atoms with Crippen molar-refractivity contribution < 1.29 is 14.7 Å². The van der Waals surface area contributed by atoms with Crippen molar-refractivity contribution >= 4 is 11.9 Å². The van der Waals surface area contributed by atoms with E-state index in [0.717, 1.165) is 6.42 Å². The van der Waals surface area contributed by atoms with Gasteiger partial charge in [0.25, 0.3) is 0 Å². The molecule has 0 aromatic rings. The average Bonchev–Trinajstić information content (AvgIpc) is 2.34. The summed E-state index contributed by atoms with van der Waals surface area (Å²) < 4.78 is 0. The smallest absolute Gasteiger partial charge is 0.307 e. The quantitative estimate of drug-likeness (QED) is 0.717. The van der Waals surface area contributed by atoms with Gasteiger partial charge in [0.2, 0.25) is 5.91 Å². The van der Waals surface area contributed by atoms with Crippen LogP contribution in [0.15, 0.2) is 0 Å². The molecule has 5 heteroatoms. The highest BCUT2D eigenvalue weighted by Crippen LogP contribution is 2.45. The van der Waals surface area contributed by atoms with Crippen molar-refractivity contribution in [2.75, 3.05) is 0 Å². The van der Waals surface area contributed by atoms with Crippen molar-refractivity contribution in [3.8, 4) is 0 Å². The molecule has 1 fully saturated rings. The number of hydrogen-bond acceptors (Lipinski definition) is 3. The maximum absolute atomic E-state index is 12.0. The number of carboxylic acid groups (broad SMARTS) is 1. The summed E-state index contributed by atoms with van der Waals surface area (Å²) in [6, 6.07) is -0.455. The second-order valence-electron chi connectivity index (χ2n) is 6.59. The van der Waals surface area contributed by atoms with Gasteiger partial charge < -0.3 is 16.2 Å². The van der Waals surface area contributed by atoms with Crippen LogP contribution >= 0.6 is 0 Å². The predicted molar refractivity (Wildman–Crippen MR) is 78.1 cm³/mol. The molecule has 0 spiro atoms. The van der Waals surface area contributed by atoms with E-state index in [2.05, 4.69) is 5.32 Å². The molecule has 5 nitrogen and oxygen atoms in total. The molecule has 1 amide bonds. The Morgan fingerprint density at radius 1 is 1.40 bits per heavy atom. The second kappa shape index (κ2) is 6.57. The number of aliphatic carboxylic acids is 1. The van der Waals surface area contributed by atoms with Crippen molar-refractivity contribution in [1.29, 1.82) is 0 Å².